The third-order valence-corrected chi connectivity index (χ3v) is 5.01. The van der Waals surface area contributed by atoms with Crippen molar-refractivity contribution in [2.75, 3.05) is 18.8 Å². The van der Waals surface area contributed by atoms with Gasteiger partial charge in [0.25, 0.3) is 0 Å². The third kappa shape index (κ3) is 2.88. The zero-order valence-corrected chi connectivity index (χ0v) is 10.7. The molecule has 0 bridgehead atoms. The minimum absolute atomic E-state index is 0.241. The topological polar surface area (TPSA) is 74.7 Å². The monoisotopic (exact) mass is 269 g/mol. The first-order valence-electron chi connectivity index (χ1n) is 5.79. The first kappa shape index (κ1) is 13.0. The first-order chi connectivity index (χ1) is 8.49. The van der Waals surface area contributed by atoms with Crippen LogP contribution in [0.5, 0.6) is 0 Å². The lowest BCUT2D eigenvalue weighted by Gasteiger charge is -2.13. The molecule has 1 aromatic carbocycles. The number of sulfonamides is 1. The number of benzene rings is 1. The van der Waals surface area contributed by atoms with Crippen molar-refractivity contribution in [1.82, 2.24) is 4.31 Å². The Labute approximate surface area is 106 Å². The zero-order chi connectivity index (χ0) is 13.2. The number of carboxylic acid groups (broad SMARTS) is 1. The van der Waals surface area contributed by atoms with Crippen LogP contribution in [0, 0.1) is 0 Å². The number of carboxylic acids is 1. The van der Waals surface area contributed by atoms with E-state index in [1.165, 1.54) is 16.4 Å². The molecular formula is C12H15NO4S. The predicted octanol–water partition coefficient (Wildman–Crippen LogP) is 0.963. The quantitative estimate of drug-likeness (QED) is 0.883. The van der Waals surface area contributed by atoms with E-state index in [9.17, 15) is 13.2 Å². The predicted molar refractivity (Wildman–Crippen MR) is 67.1 cm³/mol. The van der Waals surface area contributed by atoms with E-state index in [4.69, 9.17) is 5.11 Å². The molecule has 1 aromatic rings. The lowest BCUT2D eigenvalue weighted by molar-refractivity contribution is 0.0697. The first-order valence-corrected chi connectivity index (χ1v) is 7.40. The molecule has 0 aliphatic carbocycles. The molecule has 0 saturated carbocycles. The summed E-state index contributed by atoms with van der Waals surface area (Å²) in [5.41, 5.74) is 1.19. The second-order valence-electron chi connectivity index (χ2n) is 4.32. The molecule has 1 aliphatic heterocycles. The highest BCUT2D eigenvalue weighted by Gasteiger charge is 2.27. The van der Waals surface area contributed by atoms with Gasteiger partial charge in [-0.1, -0.05) is 12.1 Å². The number of nitrogens with zero attached hydrogens (tertiary/aromatic N) is 1. The van der Waals surface area contributed by atoms with E-state index in [0.29, 0.717) is 25.9 Å². The van der Waals surface area contributed by atoms with Crippen LogP contribution in [0.15, 0.2) is 24.3 Å². The van der Waals surface area contributed by atoms with E-state index in [1.807, 2.05) is 0 Å². The summed E-state index contributed by atoms with van der Waals surface area (Å²) in [6.07, 6.45) is 1.30. The van der Waals surface area contributed by atoms with Crippen LogP contribution < -0.4 is 0 Å². The van der Waals surface area contributed by atoms with E-state index in [-0.39, 0.29) is 11.3 Å². The van der Waals surface area contributed by atoms with Crippen LogP contribution in [0.1, 0.15) is 22.3 Å². The fourth-order valence-corrected chi connectivity index (χ4v) is 3.54. The molecule has 18 heavy (non-hydrogen) atoms. The summed E-state index contributed by atoms with van der Waals surface area (Å²) in [5.74, 6) is -0.714. The van der Waals surface area contributed by atoms with E-state index >= 15 is 0 Å². The summed E-state index contributed by atoms with van der Waals surface area (Å²) in [7, 11) is -3.04. The summed E-state index contributed by atoms with van der Waals surface area (Å²) >= 11 is 0. The van der Waals surface area contributed by atoms with Gasteiger partial charge in [-0.3, -0.25) is 0 Å². The Hall–Kier alpha value is -1.40. The van der Waals surface area contributed by atoms with E-state index < -0.39 is 16.0 Å². The number of carbonyl (C=O) groups is 1. The summed E-state index contributed by atoms with van der Waals surface area (Å²) in [6.45, 7) is 1.06. The molecule has 1 aliphatic rings. The van der Waals surface area contributed by atoms with Crippen molar-refractivity contribution in [2.24, 2.45) is 0 Å². The second kappa shape index (κ2) is 5.07. The van der Waals surface area contributed by atoms with Crippen molar-refractivity contribution < 1.29 is 18.3 Å². The second-order valence-corrected chi connectivity index (χ2v) is 6.41. The standard InChI is InChI=1S/C12H15NO4S/c14-12(15)11-4-2-10(3-5-11)6-8-13-7-1-9-18(13,16)17/h2-5H,1,6-9H2,(H,14,15). The average molecular weight is 269 g/mol. The summed E-state index contributed by atoms with van der Waals surface area (Å²) in [6, 6.07) is 6.53. The maximum atomic E-state index is 11.6. The zero-order valence-electron chi connectivity index (χ0n) is 9.87. The van der Waals surface area contributed by atoms with Gasteiger partial charge >= 0.3 is 5.97 Å². The molecule has 0 spiro atoms. The molecule has 6 heteroatoms. The van der Waals surface area contributed by atoms with Crippen molar-refractivity contribution >= 4 is 16.0 Å². The summed E-state index contributed by atoms with van der Waals surface area (Å²) < 4.78 is 24.6. The average Bonchev–Trinajstić information content (AvgIpc) is 2.66. The third-order valence-electron chi connectivity index (χ3n) is 3.05. The molecule has 0 amide bonds. The van der Waals surface area contributed by atoms with E-state index in [1.54, 1.807) is 12.1 Å². The maximum absolute atomic E-state index is 11.6. The molecule has 0 atom stereocenters. The Bertz CT molecular complexity index is 536. The highest BCUT2D eigenvalue weighted by molar-refractivity contribution is 7.89. The Morgan fingerprint density at radius 2 is 1.94 bits per heavy atom. The van der Waals surface area contributed by atoms with Gasteiger partial charge in [0.1, 0.15) is 0 Å². The van der Waals surface area contributed by atoms with Crippen LogP contribution in [-0.4, -0.2) is 42.6 Å². The van der Waals surface area contributed by atoms with Gasteiger partial charge in [0.2, 0.25) is 10.0 Å². The van der Waals surface area contributed by atoms with Crippen LogP contribution in [-0.2, 0) is 16.4 Å². The van der Waals surface area contributed by atoms with Crippen LogP contribution in [0.2, 0.25) is 0 Å². The van der Waals surface area contributed by atoms with Crippen molar-refractivity contribution in [2.45, 2.75) is 12.8 Å². The Morgan fingerprint density at radius 1 is 1.28 bits per heavy atom. The fraction of sp³-hybridized carbons (Fsp3) is 0.417. The van der Waals surface area contributed by atoms with Crippen LogP contribution in [0.3, 0.4) is 0 Å². The number of hydrogen-bond donors (Lipinski definition) is 1. The largest absolute Gasteiger partial charge is 0.478 e. The van der Waals surface area contributed by atoms with Gasteiger partial charge in [-0.05, 0) is 30.5 Å². The van der Waals surface area contributed by atoms with E-state index in [0.717, 1.165) is 5.56 Å². The molecule has 1 saturated heterocycles. The molecule has 0 aromatic heterocycles. The summed E-state index contributed by atoms with van der Waals surface area (Å²) in [4.78, 5) is 10.7. The smallest absolute Gasteiger partial charge is 0.335 e. The van der Waals surface area contributed by atoms with Gasteiger partial charge in [0.15, 0.2) is 0 Å². The number of aromatic carboxylic acids is 1. The lowest BCUT2D eigenvalue weighted by Crippen LogP contribution is -2.27. The molecule has 98 valence electrons. The Balaban J connectivity index is 1.96. The molecule has 0 radical (unpaired) electrons. The Morgan fingerprint density at radius 3 is 2.44 bits per heavy atom. The van der Waals surface area contributed by atoms with Gasteiger partial charge in [-0.25, -0.2) is 17.5 Å². The normalized spacial score (nSPS) is 18.9. The molecular weight excluding hydrogens is 254 g/mol. The lowest BCUT2D eigenvalue weighted by atomic mass is 10.1. The molecule has 1 fully saturated rings. The number of rotatable bonds is 4. The van der Waals surface area contributed by atoms with Crippen LogP contribution >= 0.6 is 0 Å². The van der Waals surface area contributed by atoms with Gasteiger partial charge in [-0.15, -0.1) is 0 Å². The molecule has 5 nitrogen and oxygen atoms in total. The van der Waals surface area contributed by atoms with Crippen molar-refractivity contribution in [1.29, 1.82) is 0 Å². The van der Waals surface area contributed by atoms with Gasteiger partial charge in [0.05, 0.1) is 11.3 Å². The SMILES string of the molecule is O=C(O)c1ccc(CCN2CCCS2(=O)=O)cc1. The van der Waals surface area contributed by atoms with Crippen molar-refractivity contribution in [3.8, 4) is 0 Å². The summed E-state index contributed by atoms with van der Waals surface area (Å²) in [5, 5.41) is 8.76. The van der Waals surface area contributed by atoms with Crippen molar-refractivity contribution in [3.63, 3.8) is 0 Å². The molecule has 0 unspecified atom stereocenters. The van der Waals surface area contributed by atoms with Crippen molar-refractivity contribution in [3.05, 3.63) is 35.4 Å². The molecule has 1 heterocycles. The van der Waals surface area contributed by atoms with Gasteiger partial charge in [0, 0.05) is 13.1 Å². The molecule has 1 N–H and O–H groups in total. The minimum atomic E-state index is -3.04. The molecule has 2 rings (SSSR count). The highest BCUT2D eigenvalue weighted by atomic mass is 32.2. The highest BCUT2D eigenvalue weighted by Crippen LogP contribution is 2.14. The Kier molecular flexibility index (Phi) is 3.68. The van der Waals surface area contributed by atoms with Crippen LogP contribution in [0.4, 0.5) is 0 Å². The van der Waals surface area contributed by atoms with Gasteiger partial charge < -0.3 is 5.11 Å². The van der Waals surface area contributed by atoms with Gasteiger partial charge in [-0.2, -0.15) is 0 Å². The minimum Gasteiger partial charge on any atom is -0.478 e. The fourth-order valence-electron chi connectivity index (χ4n) is 2.01. The van der Waals surface area contributed by atoms with Crippen LogP contribution in [0.25, 0.3) is 0 Å². The van der Waals surface area contributed by atoms with E-state index in [2.05, 4.69) is 0 Å². The maximum Gasteiger partial charge on any atom is 0.335 e. The number of hydrogen-bond acceptors (Lipinski definition) is 3.